The fraction of sp³-hybridized carbons (Fsp3) is 0.636. The lowest BCUT2D eigenvalue weighted by Crippen LogP contribution is -2.15. The van der Waals surface area contributed by atoms with Gasteiger partial charge in [0.25, 0.3) is 0 Å². The monoisotopic (exact) mass is 304 g/mol. The highest BCUT2D eigenvalue weighted by Crippen LogP contribution is 2.39. The molecule has 0 amide bonds. The van der Waals surface area contributed by atoms with Crippen molar-refractivity contribution in [1.29, 1.82) is 0 Å². The second-order valence-electron chi connectivity index (χ2n) is 5.07. The largest absolute Gasteiger partial charge is 0.369 e. The average Bonchev–Trinajstić information content (AvgIpc) is 2.85. The number of sulfone groups is 1. The number of rotatable bonds is 4. The summed E-state index contributed by atoms with van der Waals surface area (Å²) in [6.07, 6.45) is 4.08. The molecule has 1 N–H and O–H groups in total. The van der Waals surface area contributed by atoms with Gasteiger partial charge in [0.05, 0.1) is 4.92 Å². The van der Waals surface area contributed by atoms with Crippen molar-refractivity contribution >= 4 is 31.9 Å². The molecule has 0 saturated heterocycles. The zero-order chi connectivity index (χ0) is 14.2. The molecule has 2 rings (SSSR count). The van der Waals surface area contributed by atoms with Crippen LogP contribution in [0.25, 0.3) is 0 Å². The fourth-order valence-corrected chi connectivity index (χ4v) is 4.32. The van der Waals surface area contributed by atoms with Crippen LogP contribution in [0.2, 0.25) is 0 Å². The average molecular weight is 304 g/mol. The maximum absolute atomic E-state index is 11.5. The molecule has 1 aliphatic rings. The van der Waals surface area contributed by atoms with Gasteiger partial charge in [-0.15, -0.1) is 0 Å². The Morgan fingerprint density at radius 3 is 2.63 bits per heavy atom. The minimum atomic E-state index is -3.41. The van der Waals surface area contributed by atoms with Gasteiger partial charge in [0.15, 0.2) is 14.8 Å². The number of nitro groups is 1. The van der Waals surface area contributed by atoms with Gasteiger partial charge in [0, 0.05) is 18.4 Å². The van der Waals surface area contributed by atoms with E-state index in [1.54, 1.807) is 0 Å². The van der Waals surface area contributed by atoms with E-state index in [9.17, 15) is 18.5 Å². The van der Waals surface area contributed by atoms with E-state index in [1.807, 2.05) is 0 Å². The van der Waals surface area contributed by atoms with E-state index in [0.29, 0.717) is 10.9 Å². The quantitative estimate of drug-likeness (QED) is 0.682. The van der Waals surface area contributed by atoms with E-state index >= 15 is 0 Å². The van der Waals surface area contributed by atoms with E-state index < -0.39 is 14.8 Å². The molecule has 0 aromatic carbocycles. The molecule has 1 aromatic rings. The highest BCUT2D eigenvalue weighted by atomic mass is 32.2. The van der Waals surface area contributed by atoms with E-state index in [1.165, 1.54) is 0 Å². The molecule has 0 spiro atoms. The highest BCUT2D eigenvalue weighted by molar-refractivity contribution is 7.92. The Kier molecular flexibility index (Phi) is 3.82. The summed E-state index contributed by atoms with van der Waals surface area (Å²) in [5.41, 5.74) is -0.148. The maximum atomic E-state index is 11.5. The van der Waals surface area contributed by atoms with E-state index in [2.05, 4.69) is 12.2 Å². The molecule has 19 heavy (non-hydrogen) atoms. The lowest BCUT2D eigenvalue weighted by Gasteiger charge is -2.11. The molecule has 2 atom stereocenters. The van der Waals surface area contributed by atoms with Crippen LogP contribution in [0.5, 0.6) is 0 Å². The SMILES string of the molecule is CC1CCC(Nc2sc(S(C)(=O)=O)cc2[N+](=O)[O-])C1. The number of thiophene rings is 1. The third-order valence-electron chi connectivity index (χ3n) is 3.28. The molecule has 8 heteroatoms. The Labute approximate surface area is 115 Å². The number of nitrogens with one attached hydrogen (secondary N) is 1. The molecule has 0 radical (unpaired) electrons. The van der Waals surface area contributed by atoms with Crippen molar-refractivity contribution in [2.24, 2.45) is 5.92 Å². The molecule has 1 saturated carbocycles. The highest BCUT2D eigenvalue weighted by Gasteiger charge is 2.28. The Balaban J connectivity index is 2.28. The molecule has 0 bridgehead atoms. The van der Waals surface area contributed by atoms with Crippen molar-refractivity contribution in [2.75, 3.05) is 11.6 Å². The standard InChI is InChI=1S/C11H16N2O4S2/c1-7-3-4-8(5-7)12-11-9(13(14)15)6-10(18-11)19(2,16)17/h6-8,12H,3-5H2,1-2H3. The topological polar surface area (TPSA) is 89.3 Å². The summed E-state index contributed by atoms with van der Waals surface area (Å²) >= 11 is 0.942. The third kappa shape index (κ3) is 3.24. The summed E-state index contributed by atoms with van der Waals surface area (Å²) in [5, 5.41) is 14.5. The van der Waals surface area contributed by atoms with Gasteiger partial charge in [-0.2, -0.15) is 0 Å². The molecule has 1 fully saturated rings. The molecule has 1 heterocycles. The normalized spacial score (nSPS) is 23.5. The Bertz CT molecular complexity index is 594. The number of hydrogen-bond donors (Lipinski definition) is 1. The maximum Gasteiger partial charge on any atom is 0.304 e. The smallest absolute Gasteiger partial charge is 0.304 e. The summed E-state index contributed by atoms with van der Waals surface area (Å²) < 4.78 is 23.0. The first-order chi connectivity index (χ1) is 8.77. The predicted molar refractivity (Wildman–Crippen MR) is 74.5 cm³/mol. The third-order valence-corrected chi connectivity index (χ3v) is 6.14. The van der Waals surface area contributed by atoms with E-state index in [0.717, 1.165) is 42.9 Å². The van der Waals surface area contributed by atoms with Crippen LogP contribution in [0.4, 0.5) is 10.7 Å². The van der Waals surface area contributed by atoms with Crippen LogP contribution in [-0.2, 0) is 9.84 Å². The molecule has 6 nitrogen and oxygen atoms in total. The lowest BCUT2D eigenvalue weighted by molar-refractivity contribution is -0.383. The van der Waals surface area contributed by atoms with E-state index in [4.69, 9.17) is 0 Å². The van der Waals surface area contributed by atoms with Gasteiger partial charge in [-0.3, -0.25) is 10.1 Å². The van der Waals surface area contributed by atoms with Crippen molar-refractivity contribution in [3.8, 4) is 0 Å². The summed E-state index contributed by atoms with van der Waals surface area (Å²) in [4.78, 5) is 10.4. The lowest BCUT2D eigenvalue weighted by atomic mass is 10.1. The first-order valence-corrected chi connectivity index (χ1v) is 8.73. The van der Waals surface area contributed by atoms with Gasteiger partial charge in [-0.1, -0.05) is 18.3 Å². The van der Waals surface area contributed by atoms with Gasteiger partial charge in [-0.25, -0.2) is 8.42 Å². The molecule has 106 valence electrons. The number of nitrogens with zero attached hydrogens (tertiary/aromatic N) is 1. The van der Waals surface area contributed by atoms with Gasteiger partial charge in [-0.05, 0) is 25.2 Å². The van der Waals surface area contributed by atoms with Crippen LogP contribution in [0.15, 0.2) is 10.3 Å². The molecule has 0 aliphatic heterocycles. The first kappa shape index (κ1) is 14.3. The van der Waals surface area contributed by atoms with Crippen molar-refractivity contribution < 1.29 is 13.3 Å². The van der Waals surface area contributed by atoms with Gasteiger partial charge in [0.1, 0.15) is 4.21 Å². The molecule has 1 aliphatic carbocycles. The summed E-state index contributed by atoms with van der Waals surface area (Å²) in [5.74, 6) is 0.603. The predicted octanol–water partition coefficient (Wildman–Crippen LogP) is 2.66. The second kappa shape index (κ2) is 5.09. The van der Waals surface area contributed by atoms with Crippen LogP contribution in [0.1, 0.15) is 26.2 Å². The van der Waals surface area contributed by atoms with Crippen molar-refractivity contribution in [2.45, 2.75) is 36.4 Å². The number of anilines is 1. The first-order valence-electron chi connectivity index (χ1n) is 6.02. The van der Waals surface area contributed by atoms with Crippen molar-refractivity contribution in [3.05, 3.63) is 16.2 Å². The Morgan fingerprint density at radius 2 is 2.16 bits per heavy atom. The van der Waals surface area contributed by atoms with Crippen LogP contribution in [0, 0.1) is 16.0 Å². The van der Waals surface area contributed by atoms with Crippen LogP contribution >= 0.6 is 11.3 Å². The zero-order valence-electron chi connectivity index (χ0n) is 10.8. The number of hydrogen-bond acceptors (Lipinski definition) is 6. The van der Waals surface area contributed by atoms with Crippen LogP contribution < -0.4 is 5.32 Å². The molecule has 1 aromatic heterocycles. The molecular formula is C11H16N2O4S2. The van der Waals surface area contributed by atoms with Crippen molar-refractivity contribution in [3.63, 3.8) is 0 Å². The zero-order valence-corrected chi connectivity index (χ0v) is 12.4. The Hall–Kier alpha value is -1.15. The van der Waals surface area contributed by atoms with Crippen molar-refractivity contribution in [1.82, 2.24) is 0 Å². The Morgan fingerprint density at radius 1 is 1.47 bits per heavy atom. The van der Waals surface area contributed by atoms with Crippen LogP contribution in [-0.4, -0.2) is 25.6 Å². The summed E-state index contributed by atoms with van der Waals surface area (Å²) in [6, 6.07) is 1.33. The van der Waals surface area contributed by atoms with Gasteiger partial charge >= 0.3 is 5.69 Å². The minimum Gasteiger partial charge on any atom is -0.369 e. The second-order valence-corrected chi connectivity index (χ2v) is 8.36. The van der Waals surface area contributed by atoms with Gasteiger partial charge < -0.3 is 5.32 Å². The summed E-state index contributed by atoms with van der Waals surface area (Å²) in [6.45, 7) is 2.15. The van der Waals surface area contributed by atoms with Crippen LogP contribution in [0.3, 0.4) is 0 Å². The molecular weight excluding hydrogens is 288 g/mol. The fourth-order valence-electron chi connectivity index (χ4n) is 2.30. The minimum absolute atomic E-state index is 0.0349. The summed E-state index contributed by atoms with van der Waals surface area (Å²) in [7, 11) is -3.41. The van der Waals surface area contributed by atoms with Gasteiger partial charge in [0.2, 0.25) is 0 Å². The molecule has 2 unspecified atom stereocenters. The van der Waals surface area contributed by atoms with E-state index in [-0.39, 0.29) is 15.9 Å².